The number of quaternary nitrogens is 1. The summed E-state index contributed by atoms with van der Waals surface area (Å²) in [6.07, 6.45) is 6.20. The monoisotopic (exact) mass is 431 g/mol. The van der Waals surface area contributed by atoms with Gasteiger partial charge in [0, 0.05) is 25.2 Å². The zero-order valence-corrected chi connectivity index (χ0v) is 18.6. The SMILES string of the molecule is C[N+]1(CCc2cccnc2)CCC[C@@H](OC(=O)C(O)(c2ccccc2)c2ccccc2)C1. The van der Waals surface area contributed by atoms with Crippen LogP contribution in [0.25, 0.3) is 0 Å². The van der Waals surface area contributed by atoms with Gasteiger partial charge in [0.25, 0.3) is 0 Å². The molecule has 5 nitrogen and oxygen atoms in total. The molecule has 0 aliphatic carbocycles. The minimum atomic E-state index is -1.83. The molecule has 0 saturated carbocycles. The van der Waals surface area contributed by atoms with Crippen molar-refractivity contribution in [1.82, 2.24) is 4.98 Å². The first-order chi connectivity index (χ1) is 15.5. The number of likely N-dealkylation sites (N-methyl/N-ethyl adjacent to an activating group) is 1. The summed E-state index contributed by atoms with van der Waals surface area (Å²) in [5.41, 5.74) is 0.411. The van der Waals surface area contributed by atoms with Crippen LogP contribution in [0.5, 0.6) is 0 Å². The van der Waals surface area contributed by atoms with Gasteiger partial charge in [0.1, 0.15) is 6.54 Å². The number of benzene rings is 2. The van der Waals surface area contributed by atoms with Crippen LogP contribution in [0.3, 0.4) is 0 Å². The summed E-state index contributed by atoms with van der Waals surface area (Å²) in [6.45, 7) is 2.75. The Morgan fingerprint density at radius 3 is 2.31 bits per heavy atom. The Kier molecular flexibility index (Phi) is 6.68. The number of pyridine rings is 1. The van der Waals surface area contributed by atoms with Crippen LogP contribution in [0.2, 0.25) is 0 Å². The van der Waals surface area contributed by atoms with Gasteiger partial charge < -0.3 is 14.3 Å². The van der Waals surface area contributed by atoms with Crippen molar-refractivity contribution in [2.45, 2.75) is 31.0 Å². The van der Waals surface area contributed by atoms with Crippen molar-refractivity contribution in [3.05, 3.63) is 102 Å². The second-order valence-electron chi connectivity index (χ2n) is 8.97. The number of hydrogen-bond donors (Lipinski definition) is 1. The molecule has 0 amide bonds. The number of carbonyl (C=O) groups excluding carboxylic acids is 1. The molecule has 166 valence electrons. The smallest absolute Gasteiger partial charge is 0.348 e. The zero-order chi connectivity index (χ0) is 22.4. The van der Waals surface area contributed by atoms with Crippen molar-refractivity contribution in [3.63, 3.8) is 0 Å². The molecule has 0 bridgehead atoms. The lowest BCUT2D eigenvalue weighted by atomic mass is 9.86. The highest BCUT2D eigenvalue weighted by Crippen LogP contribution is 2.32. The molecule has 1 fully saturated rings. The van der Waals surface area contributed by atoms with E-state index in [0.29, 0.717) is 11.1 Å². The first kappa shape index (κ1) is 22.2. The molecule has 1 aromatic heterocycles. The van der Waals surface area contributed by atoms with Crippen molar-refractivity contribution in [2.24, 2.45) is 0 Å². The number of carbonyl (C=O) groups is 1. The Morgan fingerprint density at radius 1 is 1.06 bits per heavy atom. The Morgan fingerprint density at radius 2 is 1.72 bits per heavy atom. The summed E-state index contributed by atoms with van der Waals surface area (Å²) < 4.78 is 6.83. The number of hydrogen-bond acceptors (Lipinski definition) is 4. The van der Waals surface area contributed by atoms with E-state index in [0.717, 1.165) is 43.4 Å². The van der Waals surface area contributed by atoms with Crippen LogP contribution in [-0.4, -0.2) is 53.3 Å². The molecule has 32 heavy (non-hydrogen) atoms. The quantitative estimate of drug-likeness (QED) is 0.458. The second-order valence-corrected chi connectivity index (χ2v) is 8.97. The molecule has 2 heterocycles. The summed E-state index contributed by atoms with van der Waals surface area (Å²) in [5, 5.41) is 11.6. The Balaban J connectivity index is 1.49. The minimum absolute atomic E-state index is 0.228. The fourth-order valence-electron chi connectivity index (χ4n) is 4.62. The molecule has 3 aromatic rings. The standard InChI is InChI=1S/C27H31N2O3/c1-29(19-16-22-10-8-17-28-20-22)18-9-15-25(21-29)32-26(30)27(31,23-11-4-2-5-12-23)24-13-6-3-7-14-24/h2-8,10-14,17,20,25,31H,9,15-16,18-19,21H2,1H3/q+1/t25-,29?/m1/s1. The van der Waals surface area contributed by atoms with Gasteiger partial charge in [-0.2, -0.15) is 0 Å². The van der Waals surface area contributed by atoms with Crippen molar-refractivity contribution in [1.29, 1.82) is 0 Å². The molecule has 4 rings (SSSR count). The van der Waals surface area contributed by atoms with E-state index in [9.17, 15) is 9.90 Å². The van der Waals surface area contributed by atoms with Gasteiger partial charge in [0.15, 0.2) is 6.10 Å². The molecule has 1 aliphatic rings. The van der Waals surface area contributed by atoms with Gasteiger partial charge in [-0.1, -0.05) is 66.7 Å². The van der Waals surface area contributed by atoms with Crippen molar-refractivity contribution >= 4 is 5.97 Å². The maximum absolute atomic E-state index is 13.4. The van der Waals surface area contributed by atoms with Crippen LogP contribution in [0.4, 0.5) is 0 Å². The molecule has 1 unspecified atom stereocenters. The maximum atomic E-state index is 13.4. The van der Waals surface area contributed by atoms with Crippen molar-refractivity contribution < 1.29 is 19.1 Å². The van der Waals surface area contributed by atoms with Crippen LogP contribution in [0.15, 0.2) is 85.2 Å². The number of aromatic nitrogens is 1. The third-order valence-corrected chi connectivity index (χ3v) is 6.48. The first-order valence-electron chi connectivity index (χ1n) is 11.3. The summed E-state index contributed by atoms with van der Waals surface area (Å²) in [6, 6.07) is 22.2. The summed E-state index contributed by atoms with van der Waals surface area (Å²) >= 11 is 0. The van der Waals surface area contributed by atoms with Crippen molar-refractivity contribution in [2.75, 3.05) is 26.7 Å². The number of likely N-dealkylation sites (tertiary alicyclic amines) is 1. The molecular formula is C27H31N2O3+. The van der Waals surface area contributed by atoms with E-state index < -0.39 is 11.6 Å². The summed E-state index contributed by atoms with van der Waals surface area (Å²) in [5.74, 6) is -0.611. The lowest BCUT2D eigenvalue weighted by Gasteiger charge is -2.41. The van der Waals surface area contributed by atoms with Crippen molar-refractivity contribution in [3.8, 4) is 0 Å². The Hall–Kier alpha value is -3.02. The summed E-state index contributed by atoms with van der Waals surface area (Å²) in [7, 11) is 2.22. The van der Waals surface area contributed by atoms with Gasteiger partial charge in [0.2, 0.25) is 5.60 Å². The van der Waals surface area contributed by atoms with E-state index in [2.05, 4.69) is 18.1 Å². The van der Waals surface area contributed by atoms with E-state index in [4.69, 9.17) is 4.74 Å². The fourth-order valence-corrected chi connectivity index (χ4v) is 4.62. The number of aliphatic hydroxyl groups is 1. The molecule has 0 spiro atoms. The van der Waals surface area contributed by atoms with Crippen LogP contribution >= 0.6 is 0 Å². The normalized spacial score (nSPS) is 21.1. The van der Waals surface area contributed by atoms with Gasteiger partial charge in [0.05, 0.1) is 20.1 Å². The number of nitrogens with zero attached hydrogens (tertiary/aromatic N) is 2. The Bertz CT molecular complexity index is 971. The number of ether oxygens (including phenoxy) is 1. The van der Waals surface area contributed by atoms with Crippen LogP contribution < -0.4 is 0 Å². The molecule has 2 atom stereocenters. The van der Waals surface area contributed by atoms with E-state index in [1.165, 1.54) is 5.56 Å². The van der Waals surface area contributed by atoms with Gasteiger partial charge in [-0.15, -0.1) is 0 Å². The van der Waals surface area contributed by atoms with E-state index in [1.807, 2.05) is 48.7 Å². The maximum Gasteiger partial charge on any atom is 0.348 e. The van der Waals surface area contributed by atoms with Crippen LogP contribution in [0.1, 0.15) is 29.5 Å². The number of esters is 1. The average molecular weight is 432 g/mol. The molecule has 2 aromatic carbocycles. The van der Waals surface area contributed by atoms with E-state index >= 15 is 0 Å². The first-order valence-corrected chi connectivity index (χ1v) is 11.3. The van der Waals surface area contributed by atoms with Gasteiger partial charge in [-0.3, -0.25) is 4.98 Å². The average Bonchev–Trinajstić information content (AvgIpc) is 2.84. The third kappa shape index (κ3) is 4.90. The second kappa shape index (κ2) is 9.63. The number of piperidine rings is 1. The highest BCUT2D eigenvalue weighted by Gasteiger charge is 2.44. The fraction of sp³-hybridized carbons (Fsp3) is 0.333. The highest BCUT2D eigenvalue weighted by molar-refractivity contribution is 5.85. The molecule has 1 N–H and O–H groups in total. The highest BCUT2D eigenvalue weighted by atomic mass is 16.6. The third-order valence-electron chi connectivity index (χ3n) is 6.48. The molecular weight excluding hydrogens is 400 g/mol. The van der Waals surface area contributed by atoms with Crippen LogP contribution in [0, 0.1) is 0 Å². The van der Waals surface area contributed by atoms with E-state index in [1.54, 1.807) is 30.5 Å². The zero-order valence-electron chi connectivity index (χ0n) is 18.6. The van der Waals surface area contributed by atoms with Crippen LogP contribution in [-0.2, 0) is 21.6 Å². The molecule has 0 radical (unpaired) electrons. The molecule has 1 saturated heterocycles. The number of rotatable bonds is 7. The predicted octanol–water partition coefficient (Wildman–Crippen LogP) is 3.71. The molecule has 1 aliphatic heterocycles. The largest absolute Gasteiger partial charge is 0.454 e. The Labute approximate surface area is 189 Å². The van der Waals surface area contributed by atoms with Gasteiger partial charge in [-0.25, -0.2) is 4.79 Å². The lowest BCUT2D eigenvalue weighted by Crippen LogP contribution is -2.55. The summed E-state index contributed by atoms with van der Waals surface area (Å²) in [4.78, 5) is 17.6. The van der Waals surface area contributed by atoms with Gasteiger partial charge >= 0.3 is 5.97 Å². The minimum Gasteiger partial charge on any atom is -0.454 e. The predicted molar refractivity (Wildman–Crippen MR) is 124 cm³/mol. The van der Waals surface area contributed by atoms with E-state index in [-0.39, 0.29) is 6.10 Å². The van der Waals surface area contributed by atoms with Gasteiger partial charge in [-0.05, 0) is 29.2 Å². The topological polar surface area (TPSA) is 59.4 Å². The lowest BCUT2D eigenvalue weighted by molar-refractivity contribution is -0.916. The molecule has 5 heteroatoms.